The standard InChI is InChI=1S/C26H18Cl4N2O5S/c1-36-21-9-14(8-19(30)24(21)37-13-15-6-7-16(27)11-18(15)29)10-22-25(34)32(26(35)38-22)12-23(33)31-20-5-3-2-4-17(20)28/h2-11H,12-13H2,1H3,(H,31,33)/b22-10+. The van der Waals surface area contributed by atoms with Crippen LogP contribution in [0.4, 0.5) is 10.5 Å². The van der Waals surface area contributed by atoms with Crippen LogP contribution >= 0.6 is 58.2 Å². The summed E-state index contributed by atoms with van der Waals surface area (Å²) >= 11 is 25.4. The maximum atomic E-state index is 12.9. The molecular formula is C26H18Cl4N2O5S. The van der Waals surface area contributed by atoms with Gasteiger partial charge in [-0.15, -0.1) is 0 Å². The van der Waals surface area contributed by atoms with Gasteiger partial charge in [-0.2, -0.15) is 0 Å². The number of hydrogen-bond donors (Lipinski definition) is 1. The van der Waals surface area contributed by atoms with Crippen molar-refractivity contribution in [3.05, 3.63) is 90.7 Å². The third-order valence-electron chi connectivity index (χ3n) is 5.26. The fourth-order valence-electron chi connectivity index (χ4n) is 3.44. The molecular weight excluding hydrogens is 594 g/mol. The highest BCUT2D eigenvalue weighted by atomic mass is 35.5. The monoisotopic (exact) mass is 610 g/mol. The molecule has 0 aliphatic carbocycles. The van der Waals surface area contributed by atoms with E-state index in [1.165, 1.54) is 13.2 Å². The number of nitrogens with one attached hydrogen (secondary N) is 1. The number of carbonyl (C=O) groups excluding carboxylic acids is 3. The summed E-state index contributed by atoms with van der Waals surface area (Å²) in [7, 11) is 1.45. The van der Waals surface area contributed by atoms with E-state index in [2.05, 4.69) is 5.32 Å². The number of imide groups is 1. The summed E-state index contributed by atoms with van der Waals surface area (Å²) in [4.78, 5) is 38.8. The number of hydrogen-bond acceptors (Lipinski definition) is 6. The fourth-order valence-corrected chi connectivity index (χ4v) is 5.19. The lowest BCUT2D eigenvalue weighted by Crippen LogP contribution is -2.36. The number of halogens is 4. The van der Waals surface area contributed by atoms with Gasteiger partial charge in [-0.25, -0.2) is 0 Å². The third kappa shape index (κ3) is 6.57. The zero-order valence-corrected chi connectivity index (χ0v) is 23.4. The molecule has 0 atom stereocenters. The molecule has 0 bridgehead atoms. The molecule has 0 saturated carbocycles. The summed E-state index contributed by atoms with van der Waals surface area (Å²) in [5.41, 5.74) is 1.57. The van der Waals surface area contributed by atoms with Crippen LogP contribution in [0.15, 0.2) is 59.5 Å². The summed E-state index contributed by atoms with van der Waals surface area (Å²) in [6, 6.07) is 14.9. The summed E-state index contributed by atoms with van der Waals surface area (Å²) in [6.45, 7) is -0.349. The summed E-state index contributed by atoms with van der Waals surface area (Å²) in [6.07, 6.45) is 1.49. The number of carbonyl (C=O) groups is 3. The van der Waals surface area contributed by atoms with Crippen LogP contribution in [0.1, 0.15) is 11.1 Å². The Labute approximate surface area is 242 Å². The van der Waals surface area contributed by atoms with Gasteiger partial charge in [0.05, 0.1) is 27.7 Å². The smallest absolute Gasteiger partial charge is 0.294 e. The molecule has 1 aliphatic rings. The second kappa shape index (κ2) is 12.3. The van der Waals surface area contributed by atoms with Gasteiger partial charge in [0.25, 0.3) is 11.1 Å². The maximum Gasteiger partial charge on any atom is 0.294 e. The van der Waals surface area contributed by atoms with E-state index in [9.17, 15) is 14.4 Å². The van der Waals surface area contributed by atoms with Gasteiger partial charge in [0.15, 0.2) is 11.5 Å². The van der Waals surface area contributed by atoms with Crippen LogP contribution in [0, 0.1) is 0 Å². The van der Waals surface area contributed by atoms with Gasteiger partial charge in [-0.3, -0.25) is 19.3 Å². The van der Waals surface area contributed by atoms with Crippen molar-refractivity contribution in [1.29, 1.82) is 0 Å². The predicted molar refractivity (Wildman–Crippen MR) is 152 cm³/mol. The highest BCUT2D eigenvalue weighted by Gasteiger charge is 2.36. The van der Waals surface area contributed by atoms with E-state index in [0.29, 0.717) is 49.4 Å². The highest BCUT2D eigenvalue weighted by Crippen LogP contribution is 2.39. The van der Waals surface area contributed by atoms with Crippen LogP contribution in [0.5, 0.6) is 11.5 Å². The molecule has 0 spiro atoms. The number of anilines is 1. The van der Waals surface area contributed by atoms with Crippen LogP contribution in [-0.4, -0.2) is 35.6 Å². The zero-order valence-electron chi connectivity index (χ0n) is 19.6. The number of rotatable bonds is 8. The average Bonchev–Trinajstić information content (AvgIpc) is 3.12. The van der Waals surface area contributed by atoms with Crippen LogP contribution in [-0.2, 0) is 16.2 Å². The minimum absolute atomic E-state index is 0.112. The molecule has 3 aromatic carbocycles. The van der Waals surface area contributed by atoms with Crippen molar-refractivity contribution in [1.82, 2.24) is 4.90 Å². The van der Waals surface area contributed by atoms with Crippen molar-refractivity contribution >= 4 is 87.0 Å². The first-order chi connectivity index (χ1) is 18.2. The summed E-state index contributed by atoms with van der Waals surface area (Å²) in [5.74, 6) is -0.579. The SMILES string of the molecule is COc1cc(/C=C2/SC(=O)N(CC(=O)Nc3ccccc3Cl)C2=O)cc(Cl)c1OCc1ccc(Cl)cc1Cl. The summed E-state index contributed by atoms with van der Waals surface area (Å²) < 4.78 is 11.3. The van der Waals surface area contributed by atoms with E-state index in [4.69, 9.17) is 55.9 Å². The van der Waals surface area contributed by atoms with E-state index >= 15 is 0 Å². The topological polar surface area (TPSA) is 84.9 Å². The molecule has 196 valence electrons. The lowest BCUT2D eigenvalue weighted by molar-refractivity contribution is -0.127. The Bertz CT molecular complexity index is 1460. The van der Waals surface area contributed by atoms with E-state index in [1.54, 1.807) is 54.6 Å². The number of benzene rings is 3. The van der Waals surface area contributed by atoms with E-state index < -0.39 is 23.6 Å². The second-order valence-corrected chi connectivity index (χ2v) is 10.5. The highest BCUT2D eigenvalue weighted by molar-refractivity contribution is 8.18. The molecule has 12 heteroatoms. The molecule has 3 amide bonds. The van der Waals surface area contributed by atoms with Gasteiger partial charge in [0.1, 0.15) is 13.2 Å². The number of thioether (sulfide) groups is 1. The van der Waals surface area contributed by atoms with Gasteiger partial charge < -0.3 is 14.8 Å². The van der Waals surface area contributed by atoms with Crippen LogP contribution in [0.25, 0.3) is 6.08 Å². The Morgan fingerprint density at radius 3 is 2.47 bits per heavy atom. The first-order valence-corrected chi connectivity index (χ1v) is 13.2. The van der Waals surface area contributed by atoms with E-state index in [-0.39, 0.29) is 22.3 Å². The number of nitrogens with zero attached hydrogens (tertiary/aromatic N) is 1. The molecule has 0 radical (unpaired) electrons. The summed E-state index contributed by atoms with van der Waals surface area (Å²) in [5, 5.41) is 3.53. The minimum Gasteiger partial charge on any atom is -0.493 e. The number of ether oxygens (including phenoxy) is 2. The van der Waals surface area contributed by atoms with Crippen LogP contribution < -0.4 is 14.8 Å². The zero-order chi connectivity index (χ0) is 27.4. The number of para-hydroxylation sites is 1. The van der Waals surface area contributed by atoms with Gasteiger partial charge in [-0.1, -0.05) is 64.6 Å². The predicted octanol–water partition coefficient (Wildman–Crippen LogP) is 7.56. The normalized spacial score (nSPS) is 14.2. The average molecular weight is 612 g/mol. The molecule has 38 heavy (non-hydrogen) atoms. The maximum absolute atomic E-state index is 12.9. The molecule has 4 rings (SSSR count). The molecule has 1 N–H and O–H groups in total. The minimum atomic E-state index is -0.609. The van der Waals surface area contributed by atoms with Crippen LogP contribution in [0.3, 0.4) is 0 Å². The molecule has 1 fully saturated rings. The van der Waals surface area contributed by atoms with Crippen molar-refractivity contribution in [3.63, 3.8) is 0 Å². The van der Waals surface area contributed by atoms with Gasteiger partial charge in [0, 0.05) is 15.6 Å². The van der Waals surface area contributed by atoms with Gasteiger partial charge in [-0.05, 0) is 59.8 Å². The van der Waals surface area contributed by atoms with Crippen molar-refractivity contribution in [3.8, 4) is 11.5 Å². The Morgan fingerprint density at radius 1 is 1.00 bits per heavy atom. The van der Waals surface area contributed by atoms with E-state index in [1.807, 2.05) is 0 Å². The molecule has 0 unspecified atom stereocenters. The molecule has 1 aliphatic heterocycles. The van der Waals surface area contributed by atoms with Gasteiger partial charge >= 0.3 is 0 Å². The Morgan fingerprint density at radius 2 is 1.76 bits per heavy atom. The van der Waals surface area contributed by atoms with Crippen molar-refractivity contribution < 1.29 is 23.9 Å². The lowest BCUT2D eigenvalue weighted by Gasteiger charge is -2.14. The van der Waals surface area contributed by atoms with Crippen molar-refractivity contribution in [2.75, 3.05) is 19.0 Å². The first-order valence-electron chi connectivity index (χ1n) is 10.9. The molecule has 1 saturated heterocycles. The largest absolute Gasteiger partial charge is 0.493 e. The third-order valence-corrected chi connectivity index (χ3v) is 7.36. The second-order valence-electron chi connectivity index (χ2n) is 7.85. The molecule has 0 aromatic heterocycles. The Balaban J connectivity index is 1.48. The van der Waals surface area contributed by atoms with Crippen molar-refractivity contribution in [2.24, 2.45) is 0 Å². The molecule has 3 aromatic rings. The van der Waals surface area contributed by atoms with Gasteiger partial charge in [0.2, 0.25) is 5.91 Å². The Hall–Kier alpha value is -2.88. The fraction of sp³-hybridized carbons (Fsp3) is 0.115. The Kier molecular flexibility index (Phi) is 9.12. The first kappa shape index (κ1) is 28.1. The number of amides is 3. The number of methoxy groups -OCH3 is 1. The van der Waals surface area contributed by atoms with E-state index in [0.717, 1.165) is 4.90 Å². The lowest BCUT2D eigenvalue weighted by atomic mass is 10.1. The van der Waals surface area contributed by atoms with Crippen LogP contribution in [0.2, 0.25) is 20.1 Å². The molecule has 1 heterocycles. The quantitative estimate of drug-likeness (QED) is 0.265. The molecule has 7 nitrogen and oxygen atoms in total. The van der Waals surface area contributed by atoms with Crippen molar-refractivity contribution in [2.45, 2.75) is 6.61 Å².